The lowest BCUT2D eigenvalue weighted by atomic mass is 9.96. The zero-order chi connectivity index (χ0) is 22.9. The normalized spacial score (nSPS) is 11.9. The predicted molar refractivity (Wildman–Crippen MR) is 129 cm³/mol. The smallest absolute Gasteiger partial charge is 0.251 e. The SMILES string of the molecule is CC(C)CC(NC(=O)c1cccc(COc2ccccc2)c1)c1cccc(OC(C)C)c1. The zero-order valence-corrected chi connectivity index (χ0v) is 19.4. The molecule has 3 rings (SSSR count). The summed E-state index contributed by atoms with van der Waals surface area (Å²) in [7, 11) is 0. The van der Waals surface area contributed by atoms with E-state index in [1.165, 1.54) is 0 Å². The molecule has 0 aliphatic heterocycles. The molecule has 4 nitrogen and oxygen atoms in total. The van der Waals surface area contributed by atoms with E-state index in [2.05, 4.69) is 19.2 Å². The minimum absolute atomic E-state index is 0.0904. The van der Waals surface area contributed by atoms with Crippen LogP contribution in [0.2, 0.25) is 0 Å². The van der Waals surface area contributed by atoms with E-state index in [-0.39, 0.29) is 18.1 Å². The van der Waals surface area contributed by atoms with Crippen molar-refractivity contribution in [3.63, 3.8) is 0 Å². The molecule has 0 aliphatic rings. The fourth-order valence-electron chi connectivity index (χ4n) is 3.55. The molecule has 0 aliphatic carbocycles. The molecule has 3 aromatic carbocycles. The van der Waals surface area contributed by atoms with Gasteiger partial charge in [0.1, 0.15) is 18.1 Å². The van der Waals surface area contributed by atoms with Gasteiger partial charge in [-0.2, -0.15) is 0 Å². The van der Waals surface area contributed by atoms with Crippen LogP contribution in [-0.2, 0) is 6.61 Å². The van der Waals surface area contributed by atoms with Crippen molar-refractivity contribution in [3.05, 3.63) is 95.6 Å². The summed E-state index contributed by atoms with van der Waals surface area (Å²) in [4.78, 5) is 13.1. The minimum Gasteiger partial charge on any atom is -0.491 e. The largest absolute Gasteiger partial charge is 0.491 e. The highest BCUT2D eigenvalue weighted by atomic mass is 16.5. The van der Waals surface area contributed by atoms with Crippen molar-refractivity contribution in [3.8, 4) is 11.5 Å². The molecular formula is C28H33NO3. The van der Waals surface area contributed by atoms with Crippen LogP contribution in [0.4, 0.5) is 0 Å². The molecule has 32 heavy (non-hydrogen) atoms. The summed E-state index contributed by atoms with van der Waals surface area (Å²) < 4.78 is 11.7. The number of carbonyl (C=O) groups is 1. The monoisotopic (exact) mass is 431 g/mol. The Morgan fingerprint density at radius 2 is 1.56 bits per heavy atom. The topological polar surface area (TPSA) is 47.6 Å². The van der Waals surface area contributed by atoms with Crippen molar-refractivity contribution in [1.29, 1.82) is 0 Å². The molecule has 3 aromatic rings. The number of amides is 1. The van der Waals surface area contributed by atoms with Crippen molar-refractivity contribution in [2.45, 2.75) is 52.9 Å². The maximum absolute atomic E-state index is 13.1. The predicted octanol–water partition coefficient (Wildman–Crippen LogP) is 6.57. The molecule has 1 unspecified atom stereocenters. The molecule has 1 amide bonds. The van der Waals surface area contributed by atoms with Gasteiger partial charge in [-0.15, -0.1) is 0 Å². The van der Waals surface area contributed by atoms with Crippen molar-refractivity contribution in [1.82, 2.24) is 5.32 Å². The van der Waals surface area contributed by atoms with Gasteiger partial charge in [-0.25, -0.2) is 0 Å². The third-order valence-electron chi connectivity index (χ3n) is 4.98. The molecule has 0 saturated carbocycles. The summed E-state index contributed by atoms with van der Waals surface area (Å²) in [6, 6.07) is 25.2. The van der Waals surface area contributed by atoms with Crippen LogP contribution in [0.3, 0.4) is 0 Å². The fourth-order valence-corrected chi connectivity index (χ4v) is 3.55. The number of para-hydroxylation sites is 1. The third kappa shape index (κ3) is 7.16. The Morgan fingerprint density at radius 3 is 2.28 bits per heavy atom. The zero-order valence-electron chi connectivity index (χ0n) is 19.4. The van der Waals surface area contributed by atoms with Gasteiger partial charge in [-0.1, -0.05) is 56.3 Å². The molecule has 0 heterocycles. The first kappa shape index (κ1) is 23.4. The van der Waals surface area contributed by atoms with Crippen LogP contribution in [0.25, 0.3) is 0 Å². The maximum Gasteiger partial charge on any atom is 0.251 e. The first-order valence-electron chi connectivity index (χ1n) is 11.2. The Labute approximate surface area is 191 Å². The van der Waals surface area contributed by atoms with Gasteiger partial charge in [-0.3, -0.25) is 4.79 Å². The van der Waals surface area contributed by atoms with Gasteiger partial charge in [0.05, 0.1) is 12.1 Å². The lowest BCUT2D eigenvalue weighted by Crippen LogP contribution is -2.29. The Kier molecular flexibility index (Phi) is 8.32. The van der Waals surface area contributed by atoms with E-state index in [0.717, 1.165) is 29.0 Å². The fraction of sp³-hybridized carbons (Fsp3) is 0.321. The van der Waals surface area contributed by atoms with Crippen LogP contribution in [0.1, 0.15) is 61.6 Å². The standard InChI is InChI=1S/C28H33NO3/c1-20(2)16-27(23-11-9-15-26(18-23)32-21(3)4)29-28(30)24-12-8-10-22(17-24)19-31-25-13-6-5-7-14-25/h5-15,17-18,20-21,27H,16,19H2,1-4H3,(H,29,30). The highest BCUT2D eigenvalue weighted by Crippen LogP contribution is 2.26. The van der Waals surface area contributed by atoms with E-state index in [1.54, 1.807) is 0 Å². The number of ether oxygens (including phenoxy) is 2. The average molecular weight is 432 g/mol. The number of benzene rings is 3. The molecule has 0 spiro atoms. The number of carbonyl (C=O) groups excluding carboxylic acids is 1. The molecule has 4 heteroatoms. The van der Waals surface area contributed by atoms with Gasteiger partial charge in [0.25, 0.3) is 5.91 Å². The van der Waals surface area contributed by atoms with Crippen molar-refractivity contribution < 1.29 is 14.3 Å². The quantitative estimate of drug-likeness (QED) is 0.395. The average Bonchev–Trinajstić information content (AvgIpc) is 2.77. The second kappa shape index (κ2) is 11.4. The summed E-state index contributed by atoms with van der Waals surface area (Å²) in [5, 5.41) is 3.23. The molecule has 1 N–H and O–H groups in total. The lowest BCUT2D eigenvalue weighted by Gasteiger charge is -2.22. The molecule has 0 saturated heterocycles. The van der Waals surface area contributed by atoms with Crippen LogP contribution < -0.4 is 14.8 Å². The summed E-state index contributed by atoms with van der Waals surface area (Å²) in [6.07, 6.45) is 0.942. The molecule has 0 bridgehead atoms. The number of hydrogen-bond donors (Lipinski definition) is 1. The summed E-state index contributed by atoms with van der Waals surface area (Å²) >= 11 is 0. The van der Waals surface area contributed by atoms with Crippen molar-refractivity contribution in [2.24, 2.45) is 5.92 Å². The van der Waals surface area contributed by atoms with Gasteiger partial charge >= 0.3 is 0 Å². The second-order valence-electron chi connectivity index (χ2n) is 8.70. The maximum atomic E-state index is 13.1. The Morgan fingerprint density at radius 1 is 0.844 bits per heavy atom. The number of nitrogens with one attached hydrogen (secondary N) is 1. The first-order valence-corrected chi connectivity index (χ1v) is 11.2. The second-order valence-corrected chi connectivity index (χ2v) is 8.70. The van der Waals surface area contributed by atoms with Gasteiger partial charge < -0.3 is 14.8 Å². The van der Waals surface area contributed by atoms with E-state index in [4.69, 9.17) is 9.47 Å². The van der Waals surface area contributed by atoms with E-state index < -0.39 is 0 Å². The first-order chi connectivity index (χ1) is 15.4. The van der Waals surface area contributed by atoms with Crippen LogP contribution in [0.15, 0.2) is 78.9 Å². The molecule has 0 radical (unpaired) electrons. The van der Waals surface area contributed by atoms with Crippen LogP contribution in [0, 0.1) is 5.92 Å². The van der Waals surface area contributed by atoms with E-state index in [1.807, 2.05) is 92.7 Å². The molecule has 168 valence electrons. The van der Waals surface area contributed by atoms with Gasteiger partial charge in [0.2, 0.25) is 0 Å². The molecule has 0 aromatic heterocycles. The van der Waals surface area contributed by atoms with Gasteiger partial charge in [0.15, 0.2) is 0 Å². The minimum atomic E-state index is -0.0950. The number of hydrogen-bond acceptors (Lipinski definition) is 3. The van der Waals surface area contributed by atoms with Crippen LogP contribution in [-0.4, -0.2) is 12.0 Å². The van der Waals surface area contributed by atoms with Crippen molar-refractivity contribution >= 4 is 5.91 Å². The Bertz CT molecular complexity index is 998. The Hall–Kier alpha value is -3.27. The van der Waals surface area contributed by atoms with Gasteiger partial charge in [-0.05, 0) is 73.7 Å². The summed E-state index contributed by atoms with van der Waals surface area (Å²) in [5.41, 5.74) is 2.63. The van der Waals surface area contributed by atoms with E-state index in [9.17, 15) is 4.79 Å². The third-order valence-corrected chi connectivity index (χ3v) is 4.98. The summed E-state index contributed by atoms with van der Waals surface area (Å²) in [6.45, 7) is 8.75. The molecule has 0 fully saturated rings. The van der Waals surface area contributed by atoms with Gasteiger partial charge in [0, 0.05) is 5.56 Å². The molecular weight excluding hydrogens is 398 g/mol. The molecule has 1 atom stereocenters. The van der Waals surface area contributed by atoms with E-state index >= 15 is 0 Å². The van der Waals surface area contributed by atoms with E-state index in [0.29, 0.717) is 18.1 Å². The summed E-state index contributed by atoms with van der Waals surface area (Å²) in [5.74, 6) is 1.97. The lowest BCUT2D eigenvalue weighted by molar-refractivity contribution is 0.0931. The van der Waals surface area contributed by atoms with Crippen LogP contribution in [0.5, 0.6) is 11.5 Å². The Balaban J connectivity index is 1.72. The highest BCUT2D eigenvalue weighted by Gasteiger charge is 2.18. The number of rotatable bonds is 10. The highest BCUT2D eigenvalue weighted by molar-refractivity contribution is 5.94. The van der Waals surface area contributed by atoms with Crippen LogP contribution >= 0.6 is 0 Å². The van der Waals surface area contributed by atoms with Crippen molar-refractivity contribution in [2.75, 3.05) is 0 Å².